The van der Waals surface area contributed by atoms with Crippen LogP contribution in [0, 0.1) is 19.8 Å². The molecule has 1 aromatic rings. The molecule has 0 aromatic heterocycles. The third-order valence-corrected chi connectivity index (χ3v) is 4.49. The van der Waals surface area contributed by atoms with E-state index in [0.717, 1.165) is 32.7 Å². The Balaban J connectivity index is 1.71. The van der Waals surface area contributed by atoms with Gasteiger partial charge in [-0.2, -0.15) is 0 Å². The monoisotopic (exact) mass is 332 g/mol. The predicted molar refractivity (Wildman–Crippen MR) is 98.3 cm³/mol. The highest BCUT2D eigenvalue weighted by Gasteiger charge is 2.21. The molecule has 0 bridgehead atoms. The topological polar surface area (TPSA) is 41.6 Å². The molecule has 1 aromatic carbocycles. The van der Waals surface area contributed by atoms with Gasteiger partial charge in [0.25, 0.3) is 0 Å². The Labute approximate surface area is 146 Å². The van der Waals surface area contributed by atoms with Crippen LogP contribution < -0.4 is 5.32 Å². The zero-order valence-corrected chi connectivity index (χ0v) is 15.6. The minimum Gasteiger partial charge on any atom is -0.374 e. The van der Waals surface area contributed by atoms with Gasteiger partial charge in [-0.1, -0.05) is 37.6 Å². The van der Waals surface area contributed by atoms with E-state index in [0.29, 0.717) is 18.9 Å². The summed E-state index contributed by atoms with van der Waals surface area (Å²) in [6.07, 6.45) is 1.44. The SMILES string of the molecule is Cc1ccc(CCC(=O)NC[C@H]2CN(CC(C)C)CCO2)c(C)c1. The Morgan fingerprint density at radius 3 is 2.88 bits per heavy atom. The molecule has 1 aliphatic rings. The number of hydrogen-bond acceptors (Lipinski definition) is 3. The fraction of sp³-hybridized carbons (Fsp3) is 0.650. The summed E-state index contributed by atoms with van der Waals surface area (Å²) in [5, 5.41) is 3.04. The second kappa shape index (κ2) is 9.19. The Hall–Kier alpha value is -1.39. The van der Waals surface area contributed by atoms with Gasteiger partial charge in [-0.05, 0) is 37.3 Å². The molecule has 1 N–H and O–H groups in total. The van der Waals surface area contributed by atoms with Crippen molar-refractivity contribution < 1.29 is 9.53 Å². The van der Waals surface area contributed by atoms with E-state index in [1.807, 2.05) is 0 Å². The highest BCUT2D eigenvalue weighted by molar-refractivity contribution is 5.76. The zero-order chi connectivity index (χ0) is 17.5. The number of benzene rings is 1. The summed E-state index contributed by atoms with van der Waals surface area (Å²) in [7, 11) is 0. The molecule has 1 heterocycles. The third-order valence-electron chi connectivity index (χ3n) is 4.49. The summed E-state index contributed by atoms with van der Waals surface area (Å²) in [5.41, 5.74) is 3.79. The van der Waals surface area contributed by atoms with Crippen LogP contribution in [0.2, 0.25) is 0 Å². The fourth-order valence-electron chi connectivity index (χ4n) is 3.28. The summed E-state index contributed by atoms with van der Waals surface area (Å²) in [6, 6.07) is 6.41. The number of morpholine rings is 1. The van der Waals surface area contributed by atoms with Crippen LogP contribution in [0.1, 0.15) is 37.0 Å². The highest BCUT2D eigenvalue weighted by Crippen LogP contribution is 2.12. The number of nitrogens with zero attached hydrogens (tertiary/aromatic N) is 1. The van der Waals surface area contributed by atoms with Crippen molar-refractivity contribution in [1.82, 2.24) is 10.2 Å². The van der Waals surface area contributed by atoms with Crippen LogP contribution in [0.4, 0.5) is 0 Å². The third kappa shape index (κ3) is 6.25. The van der Waals surface area contributed by atoms with E-state index in [2.05, 4.69) is 56.1 Å². The molecule has 4 heteroatoms. The van der Waals surface area contributed by atoms with E-state index in [9.17, 15) is 4.79 Å². The average molecular weight is 332 g/mol. The van der Waals surface area contributed by atoms with Crippen molar-refractivity contribution in [1.29, 1.82) is 0 Å². The fourth-order valence-corrected chi connectivity index (χ4v) is 3.28. The molecule has 0 saturated carbocycles. The molecule has 4 nitrogen and oxygen atoms in total. The number of carbonyl (C=O) groups is 1. The van der Waals surface area contributed by atoms with Gasteiger partial charge in [-0.3, -0.25) is 9.69 Å². The van der Waals surface area contributed by atoms with Gasteiger partial charge in [0.1, 0.15) is 0 Å². The van der Waals surface area contributed by atoms with Gasteiger partial charge in [0.15, 0.2) is 0 Å². The van der Waals surface area contributed by atoms with Crippen molar-refractivity contribution in [2.75, 3.05) is 32.8 Å². The molecule has 1 fully saturated rings. The van der Waals surface area contributed by atoms with Gasteiger partial charge in [0, 0.05) is 32.6 Å². The molecule has 1 saturated heterocycles. The Morgan fingerprint density at radius 2 is 2.17 bits per heavy atom. The molecule has 24 heavy (non-hydrogen) atoms. The van der Waals surface area contributed by atoms with Crippen LogP contribution in [0.5, 0.6) is 0 Å². The van der Waals surface area contributed by atoms with Gasteiger partial charge < -0.3 is 10.1 Å². The summed E-state index contributed by atoms with van der Waals surface area (Å²) < 4.78 is 5.78. The molecule has 134 valence electrons. The van der Waals surface area contributed by atoms with Crippen molar-refractivity contribution in [3.63, 3.8) is 0 Å². The molecule has 1 atom stereocenters. The van der Waals surface area contributed by atoms with Crippen molar-refractivity contribution in [3.05, 3.63) is 34.9 Å². The number of aryl methyl sites for hydroxylation is 3. The first-order valence-corrected chi connectivity index (χ1v) is 9.11. The number of rotatable bonds is 7. The van der Waals surface area contributed by atoms with Crippen LogP contribution in [-0.4, -0.2) is 49.7 Å². The first-order valence-electron chi connectivity index (χ1n) is 9.11. The lowest BCUT2D eigenvalue weighted by atomic mass is 10.0. The van der Waals surface area contributed by atoms with Crippen molar-refractivity contribution in [2.24, 2.45) is 5.92 Å². The maximum absolute atomic E-state index is 12.1. The van der Waals surface area contributed by atoms with Gasteiger partial charge in [-0.15, -0.1) is 0 Å². The van der Waals surface area contributed by atoms with Crippen LogP contribution in [-0.2, 0) is 16.0 Å². The molecule has 1 aliphatic heterocycles. The highest BCUT2D eigenvalue weighted by atomic mass is 16.5. The second-order valence-corrected chi connectivity index (χ2v) is 7.38. The van der Waals surface area contributed by atoms with Gasteiger partial charge in [-0.25, -0.2) is 0 Å². The zero-order valence-electron chi connectivity index (χ0n) is 15.6. The number of amides is 1. The van der Waals surface area contributed by atoms with Gasteiger partial charge in [0.05, 0.1) is 12.7 Å². The molecule has 0 spiro atoms. The van der Waals surface area contributed by atoms with Crippen molar-refractivity contribution in [3.8, 4) is 0 Å². The number of nitrogens with one attached hydrogen (secondary N) is 1. The quantitative estimate of drug-likeness (QED) is 0.835. The van der Waals surface area contributed by atoms with Crippen LogP contribution in [0.3, 0.4) is 0 Å². The Bertz CT molecular complexity index is 542. The van der Waals surface area contributed by atoms with Crippen molar-refractivity contribution in [2.45, 2.75) is 46.6 Å². The maximum Gasteiger partial charge on any atom is 0.220 e. The van der Waals surface area contributed by atoms with Crippen LogP contribution in [0.25, 0.3) is 0 Å². The number of carbonyl (C=O) groups excluding carboxylic acids is 1. The molecule has 2 rings (SSSR count). The minimum absolute atomic E-state index is 0.111. The van der Waals surface area contributed by atoms with Crippen molar-refractivity contribution >= 4 is 5.91 Å². The number of ether oxygens (including phenoxy) is 1. The molecule has 0 unspecified atom stereocenters. The molecular formula is C20H32N2O2. The van der Waals surface area contributed by atoms with E-state index >= 15 is 0 Å². The lowest BCUT2D eigenvalue weighted by Crippen LogP contribution is -2.48. The summed E-state index contributed by atoms with van der Waals surface area (Å²) >= 11 is 0. The Morgan fingerprint density at radius 1 is 1.38 bits per heavy atom. The number of hydrogen-bond donors (Lipinski definition) is 1. The summed E-state index contributed by atoms with van der Waals surface area (Å²) in [4.78, 5) is 14.5. The first kappa shape index (κ1) is 18.9. The van der Waals surface area contributed by atoms with Crippen LogP contribution >= 0.6 is 0 Å². The van der Waals surface area contributed by atoms with E-state index in [1.165, 1.54) is 16.7 Å². The normalized spacial score (nSPS) is 18.8. The second-order valence-electron chi connectivity index (χ2n) is 7.38. The maximum atomic E-state index is 12.1. The molecule has 0 radical (unpaired) electrons. The van der Waals surface area contributed by atoms with Gasteiger partial charge >= 0.3 is 0 Å². The Kier molecular flexibility index (Phi) is 7.25. The molecule has 0 aliphatic carbocycles. The largest absolute Gasteiger partial charge is 0.374 e. The van der Waals surface area contributed by atoms with E-state index in [-0.39, 0.29) is 12.0 Å². The first-order chi connectivity index (χ1) is 11.4. The van der Waals surface area contributed by atoms with E-state index < -0.39 is 0 Å². The summed E-state index contributed by atoms with van der Waals surface area (Å²) in [6.45, 7) is 13.1. The smallest absolute Gasteiger partial charge is 0.220 e. The predicted octanol–water partition coefficient (Wildman–Crippen LogP) is 2.71. The molecular weight excluding hydrogens is 300 g/mol. The van der Waals surface area contributed by atoms with E-state index in [4.69, 9.17) is 4.74 Å². The lowest BCUT2D eigenvalue weighted by Gasteiger charge is -2.33. The standard InChI is InChI=1S/C20H32N2O2/c1-15(2)13-22-9-10-24-19(14-22)12-21-20(23)8-7-18-6-5-16(3)11-17(18)4/h5-6,11,15,19H,7-10,12-14H2,1-4H3,(H,21,23)/t19-/m0/s1. The summed E-state index contributed by atoms with van der Waals surface area (Å²) in [5.74, 6) is 0.774. The van der Waals surface area contributed by atoms with Crippen LogP contribution in [0.15, 0.2) is 18.2 Å². The van der Waals surface area contributed by atoms with E-state index in [1.54, 1.807) is 0 Å². The minimum atomic E-state index is 0.111. The van der Waals surface area contributed by atoms with Gasteiger partial charge in [0.2, 0.25) is 5.91 Å². The lowest BCUT2D eigenvalue weighted by molar-refractivity contribution is -0.122. The molecule has 1 amide bonds. The average Bonchev–Trinajstić information content (AvgIpc) is 2.52.